The van der Waals surface area contributed by atoms with Crippen LogP contribution in [0.1, 0.15) is 59.2 Å². The van der Waals surface area contributed by atoms with Crippen molar-refractivity contribution in [3.63, 3.8) is 0 Å². The molecule has 0 bridgehead atoms. The maximum atomic E-state index is 13.8. The summed E-state index contributed by atoms with van der Waals surface area (Å²) in [5.74, 6) is 0.380. The quantitative estimate of drug-likeness (QED) is 0.623. The van der Waals surface area contributed by atoms with Gasteiger partial charge < -0.3 is 14.7 Å². The summed E-state index contributed by atoms with van der Waals surface area (Å²) >= 11 is 0. The first-order chi connectivity index (χ1) is 16.5. The Morgan fingerprint density at radius 3 is 2.66 bits per heavy atom. The van der Waals surface area contributed by atoms with Crippen molar-refractivity contribution in [3.8, 4) is 17.5 Å². The Morgan fingerprint density at radius 1 is 1.29 bits per heavy atom. The molecule has 35 heavy (non-hydrogen) atoms. The van der Waals surface area contributed by atoms with Gasteiger partial charge in [-0.1, -0.05) is 25.9 Å². The number of likely N-dealkylation sites (tertiary alicyclic amines) is 1. The van der Waals surface area contributed by atoms with Gasteiger partial charge in [-0.15, -0.1) is 0 Å². The second-order valence-corrected chi connectivity index (χ2v) is 10.7. The number of nitrogens with zero attached hydrogens (tertiary/aromatic N) is 4. The van der Waals surface area contributed by atoms with Gasteiger partial charge in [0.2, 0.25) is 5.91 Å². The van der Waals surface area contributed by atoms with Crippen molar-refractivity contribution in [1.82, 2.24) is 20.4 Å². The maximum Gasteiger partial charge on any atom is 0.257 e. The van der Waals surface area contributed by atoms with Crippen LogP contribution in [0.5, 0.6) is 0 Å². The van der Waals surface area contributed by atoms with Crippen LogP contribution in [0.4, 0.5) is 8.78 Å². The second-order valence-electron chi connectivity index (χ2n) is 10.7. The Morgan fingerprint density at radius 2 is 2.00 bits per heavy atom. The van der Waals surface area contributed by atoms with E-state index >= 15 is 0 Å². The summed E-state index contributed by atoms with van der Waals surface area (Å²) < 4.78 is 32.5. The molecule has 9 heteroatoms. The van der Waals surface area contributed by atoms with E-state index in [2.05, 4.69) is 43.2 Å². The van der Waals surface area contributed by atoms with Crippen LogP contribution in [-0.2, 0) is 11.2 Å². The summed E-state index contributed by atoms with van der Waals surface area (Å²) in [7, 11) is 0. The molecule has 5 atom stereocenters. The van der Waals surface area contributed by atoms with Crippen molar-refractivity contribution in [3.05, 3.63) is 35.9 Å². The Hall–Kier alpha value is -2.86. The summed E-state index contributed by atoms with van der Waals surface area (Å²) in [4.78, 5) is 18.8. The highest BCUT2D eigenvalue weighted by molar-refractivity contribution is 5.79. The largest absolute Gasteiger partial charge is 0.334 e. The van der Waals surface area contributed by atoms with Gasteiger partial charge in [-0.3, -0.25) is 4.79 Å². The van der Waals surface area contributed by atoms with Gasteiger partial charge in [-0.25, -0.2) is 8.78 Å². The number of amides is 1. The number of hydrogen-bond acceptors (Lipinski definition) is 6. The molecule has 1 amide bonds. The van der Waals surface area contributed by atoms with E-state index in [0.29, 0.717) is 23.7 Å². The normalized spacial score (nSPS) is 32.7. The SMILES string of the molecule is CCC1(C)[C@](C)(Cc2noc(-c3ccc(F)cc3)n2)CC[C@]1(C)NCC(=O)N1C[C@@H](F)C[C@H]1C#N. The minimum atomic E-state index is -1.15. The van der Waals surface area contributed by atoms with Crippen molar-refractivity contribution < 1.29 is 18.1 Å². The number of nitrogens with one attached hydrogen (secondary N) is 1. The molecule has 1 aliphatic carbocycles. The summed E-state index contributed by atoms with van der Waals surface area (Å²) in [6.45, 7) is 8.77. The summed E-state index contributed by atoms with van der Waals surface area (Å²) in [6.07, 6.45) is 2.13. The second kappa shape index (κ2) is 9.30. The minimum Gasteiger partial charge on any atom is -0.334 e. The van der Waals surface area contributed by atoms with E-state index < -0.39 is 12.2 Å². The van der Waals surface area contributed by atoms with Crippen LogP contribution in [0, 0.1) is 28.0 Å². The molecule has 188 valence electrons. The number of hydrogen-bond donors (Lipinski definition) is 1. The van der Waals surface area contributed by atoms with Crippen molar-refractivity contribution in [2.45, 2.75) is 77.6 Å². The molecule has 2 heterocycles. The molecule has 1 unspecified atom stereocenters. The lowest BCUT2D eigenvalue weighted by atomic mass is 9.59. The molecule has 1 aromatic heterocycles. The summed E-state index contributed by atoms with van der Waals surface area (Å²) in [5.41, 5.74) is -0.0759. The van der Waals surface area contributed by atoms with Gasteiger partial charge in [0.25, 0.3) is 5.89 Å². The third-order valence-electron chi connectivity index (χ3n) is 8.89. The third-order valence-corrected chi connectivity index (χ3v) is 8.89. The first-order valence-electron chi connectivity index (χ1n) is 12.2. The zero-order valence-electron chi connectivity index (χ0n) is 20.8. The zero-order valence-corrected chi connectivity index (χ0v) is 20.8. The molecule has 2 fully saturated rings. The highest BCUT2D eigenvalue weighted by Crippen LogP contribution is 2.61. The number of aromatic nitrogens is 2. The summed E-state index contributed by atoms with van der Waals surface area (Å²) in [5, 5.41) is 17.0. The topological polar surface area (TPSA) is 95.1 Å². The number of benzene rings is 1. The lowest BCUT2D eigenvalue weighted by Gasteiger charge is -2.50. The Balaban J connectivity index is 1.48. The first kappa shape index (κ1) is 25.2. The predicted octanol–water partition coefficient (Wildman–Crippen LogP) is 4.45. The van der Waals surface area contributed by atoms with Crippen molar-refractivity contribution in [1.29, 1.82) is 5.26 Å². The third kappa shape index (κ3) is 4.44. The van der Waals surface area contributed by atoms with Crippen LogP contribution in [0.25, 0.3) is 11.5 Å². The number of nitriles is 1. The number of carbonyl (C=O) groups is 1. The molecule has 7 nitrogen and oxygen atoms in total. The number of alkyl halides is 1. The molecule has 1 aliphatic heterocycles. The monoisotopic (exact) mass is 485 g/mol. The van der Waals surface area contributed by atoms with Crippen LogP contribution in [-0.4, -0.2) is 51.8 Å². The lowest BCUT2D eigenvalue weighted by Crippen LogP contribution is -2.58. The maximum absolute atomic E-state index is 13.8. The smallest absolute Gasteiger partial charge is 0.257 e. The molecule has 0 spiro atoms. The van der Waals surface area contributed by atoms with Crippen molar-refractivity contribution in [2.75, 3.05) is 13.1 Å². The van der Waals surface area contributed by atoms with E-state index in [-0.39, 0.29) is 47.6 Å². The average molecular weight is 486 g/mol. The van der Waals surface area contributed by atoms with E-state index in [4.69, 9.17) is 4.52 Å². The Labute approximate surface area is 204 Å². The van der Waals surface area contributed by atoms with Crippen LogP contribution < -0.4 is 5.32 Å². The fraction of sp³-hybridized carbons (Fsp3) is 0.615. The molecule has 1 N–H and O–H groups in total. The highest BCUT2D eigenvalue weighted by atomic mass is 19.1. The predicted molar refractivity (Wildman–Crippen MR) is 126 cm³/mol. The summed E-state index contributed by atoms with van der Waals surface area (Å²) in [6, 6.07) is 7.28. The van der Waals surface area contributed by atoms with E-state index in [0.717, 1.165) is 19.3 Å². The number of rotatable bonds is 7. The van der Waals surface area contributed by atoms with Gasteiger partial charge >= 0.3 is 0 Å². The molecule has 1 saturated heterocycles. The fourth-order valence-electron chi connectivity index (χ4n) is 6.07. The van der Waals surface area contributed by atoms with E-state index in [1.807, 2.05) is 6.07 Å². The van der Waals surface area contributed by atoms with Crippen LogP contribution in [0.15, 0.2) is 28.8 Å². The molecule has 2 aliphatic rings. The standard InChI is InChI=1S/C26H33F2N5O2/c1-5-25(3)24(2,13-21-31-23(35-32-21)17-6-8-18(27)9-7-17)10-11-26(25,4)30-15-22(34)33-16-19(28)12-20(33)14-29/h6-9,19-20,30H,5,10-13,15-16H2,1-4H3/t19-,20-,24-,25?,26-/m0/s1. The zero-order chi connectivity index (χ0) is 25.4. The van der Waals surface area contributed by atoms with Crippen molar-refractivity contribution >= 4 is 5.91 Å². The van der Waals surface area contributed by atoms with Crippen LogP contribution in [0.2, 0.25) is 0 Å². The molecular weight excluding hydrogens is 452 g/mol. The fourth-order valence-corrected chi connectivity index (χ4v) is 6.07. The van der Waals surface area contributed by atoms with E-state index in [9.17, 15) is 18.8 Å². The number of carbonyl (C=O) groups excluding carboxylic acids is 1. The molecule has 0 radical (unpaired) electrons. The van der Waals surface area contributed by atoms with Gasteiger partial charge in [-0.05, 0) is 61.3 Å². The van der Waals surface area contributed by atoms with Gasteiger partial charge in [0.1, 0.15) is 18.0 Å². The molecule has 1 aromatic carbocycles. The van der Waals surface area contributed by atoms with Gasteiger partial charge in [0.05, 0.1) is 19.2 Å². The molecular formula is C26H33F2N5O2. The van der Waals surface area contributed by atoms with Gasteiger partial charge in [0.15, 0.2) is 5.82 Å². The van der Waals surface area contributed by atoms with E-state index in [1.54, 1.807) is 12.1 Å². The Bertz CT molecular complexity index is 1120. The minimum absolute atomic E-state index is 0.0214. The molecule has 2 aromatic rings. The van der Waals surface area contributed by atoms with Crippen LogP contribution >= 0.6 is 0 Å². The highest BCUT2D eigenvalue weighted by Gasteiger charge is 2.60. The van der Waals surface area contributed by atoms with E-state index in [1.165, 1.54) is 17.0 Å². The van der Waals surface area contributed by atoms with Gasteiger partial charge in [-0.2, -0.15) is 10.2 Å². The van der Waals surface area contributed by atoms with Crippen LogP contribution in [0.3, 0.4) is 0 Å². The molecule has 1 saturated carbocycles. The lowest BCUT2D eigenvalue weighted by molar-refractivity contribution is -0.131. The Kier molecular flexibility index (Phi) is 6.71. The number of halogens is 2. The van der Waals surface area contributed by atoms with Crippen molar-refractivity contribution in [2.24, 2.45) is 10.8 Å². The average Bonchev–Trinajstić information content (AvgIpc) is 3.51. The first-order valence-corrected chi connectivity index (χ1v) is 12.2. The molecule has 4 rings (SSSR count). The van der Waals surface area contributed by atoms with Gasteiger partial charge in [0, 0.05) is 23.9 Å².